The van der Waals surface area contributed by atoms with E-state index < -0.39 is 20.8 Å². The molecule has 4 aliphatic rings. The van der Waals surface area contributed by atoms with Crippen LogP contribution in [0.25, 0.3) is 12.2 Å². The zero-order valence-corrected chi connectivity index (χ0v) is 28.4. The van der Waals surface area contributed by atoms with Gasteiger partial charge in [-0.15, -0.1) is 12.8 Å². The van der Waals surface area contributed by atoms with Crippen LogP contribution in [0.1, 0.15) is 46.9 Å². The molecule has 6 heteroatoms. The molecule has 0 saturated carbocycles. The summed E-state index contributed by atoms with van der Waals surface area (Å²) in [5, 5.41) is 0. The zero-order chi connectivity index (χ0) is 21.7. The maximum absolute atomic E-state index is 4.93. The third kappa shape index (κ3) is 12.6. The van der Waals surface area contributed by atoms with Crippen molar-refractivity contribution in [2.24, 2.45) is 0 Å². The van der Waals surface area contributed by atoms with Gasteiger partial charge in [0.25, 0.3) is 0 Å². The van der Waals surface area contributed by atoms with E-state index in [1.54, 1.807) is 0 Å². The van der Waals surface area contributed by atoms with Gasteiger partial charge in [0.1, 0.15) is 0 Å². The standard InChI is InChI=1S/C18H14.2C5H5.2CH3.4ClH.2Zr/c1-3-7-15-13(5-1)9-11-17(15)18-12-10-14-6-2-4-8-16(14)18;2*1-2-4-5-3-1;;;;;;;;/h1-12,17-18H;2*1-3H,4H2;2*1H3;4*1H;;/q;4*-1;;;;;2*+2/p-4. The van der Waals surface area contributed by atoms with E-state index in [4.69, 9.17) is 17.0 Å². The van der Waals surface area contributed by atoms with E-state index >= 15 is 0 Å². The molecule has 0 spiro atoms. The van der Waals surface area contributed by atoms with E-state index in [0.29, 0.717) is 11.8 Å². The maximum Gasteiger partial charge on any atom is 2.00 e. The van der Waals surface area contributed by atoms with Gasteiger partial charge in [-0.05, 0) is 22.3 Å². The Hall–Kier alpha value is -0.194. The third-order valence-corrected chi connectivity index (χ3v) is 5.24. The van der Waals surface area contributed by atoms with Crippen LogP contribution in [0.5, 0.6) is 0 Å². The van der Waals surface area contributed by atoms with Crippen molar-refractivity contribution < 1.29 is 71.9 Å². The quantitative estimate of drug-likeness (QED) is 0.398. The summed E-state index contributed by atoms with van der Waals surface area (Å²) in [6, 6.07) is 17.4. The predicted molar refractivity (Wildman–Crippen MR) is 144 cm³/mol. The molecule has 0 saturated heterocycles. The van der Waals surface area contributed by atoms with E-state index in [-0.39, 0.29) is 65.9 Å². The maximum atomic E-state index is 4.93. The van der Waals surface area contributed by atoms with Crippen LogP contribution >= 0.6 is 17.0 Å². The number of halogens is 4. The Balaban J connectivity index is -0.000000511. The van der Waals surface area contributed by atoms with E-state index in [1.165, 1.54) is 22.3 Å². The molecule has 36 heavy (non-hydrogen) atoms. The SMILES string of the molecule is C1=CC(C2C=Cc3ccccc32)c2ccccc21.[C-]1=CC=CC1.[C-]1=CC=CC1.[CH3-].[CH3-].[Cl-].[Cl-].[Cl][Zr][Cl].[Zr+2]. The van der Waals surface area contributed by atoms with Crippen LogP contribution in [0.2, 0.25) is 0 Å². The fourth-order valence-corrected chi connectivity index (χ4v) is 3.86. The molecule has 2 atom stereocenters. The van der Waals surface area contributed by atoms with Crippen LogP contribution in [0.3, 0.4) is 0 Å². The summed E-state index contributed by atoms with van der Waals surface area (Å²) >= 11 is -0.826. The van der Waals surface area contributed by atoms with Gasteiger partial charge in [-0.1, -0.05) is 72.8 Å². The molecular formula is C30H30Cl4Zr2-4. The molecule has 2 aromatic carbocycles. The van der Waals surface area contributed by atoms with Crippen LogP contribution in [-0.4, -0.2) is 0 Å². The fourth-order valence-electron chi connectivity index (χ4n) is 3.86. The summed E-state index contributed by atoms with van der Waals surface area (Å²) in [6.07, 6.45) is 29.2. The monoisotopic (exact) mass is 710 g/mol. The Morgan fingerprint density at radius 2 is 1.03 bits per heavy atom. The van der Waals surface area contributed by atoms with Crippen LogP contribution in [0, 0.1) is 27.0 Å². The Morgan fingerprint density at radius 1 is 0.667 bits per heavy atom. The minimum absolute atomic E-state index is 0. The second kappa shape index (κ2) is 23.9. The van der Waals surface area contributed by atoms with Crippen molar-refractivity contribution in [3.63, 3.8) is 0 Å². The van der Waals surface area contributed by atoms with Gasteiger partial charge in [-0.3, -0.25) is 12.2 Å². The van der Waals surface area contributed by atoms with E-state index in [9.17, 15) is 0 Å². The van der Waals surface area contributed by atoms with Crippen molar-refractivity contribution in [2.75, 3.05) is 0 Å². The van der Waals surface area contributed by atoms with Gasteiger partial charge in [0, 0.05) is 11.8 Å². The van der Waals surface area contributed by atoms with Crippen molar-refractivity contribution in [3.05, 3.63) is 146 Å². The summed E-state index contributed by atoms with van der Waals surface area (Å²) in [5.74, 6) is 1.00. The number of fused-ring (bicyclic) bond motifs is 2. The van der Waals surface area contributed by atoms with Crippen molar-refractivity contribution in [2.45, 2.75) is 24.7 Å². The normalized spacial score (nSPS) is 16.8. The average molecular weight is 715 g/mol. The second-order valence-corrected chi connectivity index (χ2v) is 10.8. The van der Waals surface area contributed by atoms with Gasteiger partial charge >= 0.3 is 64.1 Å². The van der Waals surface area contributed by atoms with Gasteiger partial charge in [0.15, 0.2) is 0 Å². The number of allylic oxidation sites excluding steroid dienone is 10. The molecule has 190 valence electrons. The second-order valence-electron chi connectivity index (χ2n) is 7.11. The molecule has 0 amide bonds. The average Bonchev–Trinajstić information content (AvgIpc) is 3.62. The molecule has 0 nitrogen and oxygen atoms in total. The third-order valence-electron chi connectivity index (χ3n) is 5.24. The van der Waals surface area contributed by atoms with Crippen molar-refractivity contribution >= 4 is 29.2 Å². The number of hydrogen-bond donors (Lipinski definition) is 0. The number of benzene rings is 2. The van der Waals surface area contributed by atoms with Gasteiger partial charge in [0.05, 0.1) is 0 Å². The first kappa shape index (κ1) is 40.3. The summed E-state index contributed by atoms with van der Waals surface area (Å²) in [7, 11) is 9.87. The number of rotatable bonds is 1. The van der Waals surface area contributed by atoms with Gasteiger partial charge < -0.3 is 39.7 Å². The van der Waals surface area contributed by atoms with Crippen LogP contribution in [0.15, 0.2) is 97.1 Å². The Labute approximate surface area is 269 Å². The first-order valence-corrected chi connectivity index (χ1v) is 16.6. The molecule has 0 aliphatic heterocycles. The summed E-state index contributed by atoms with van der Waals surface area (Å²) in [4.78, 5) is 0. The van der Waals surface area contributed by atoms with Crippen LogP contribution < -0.4 is 24.8 Å². The molecule has 2 unspecified atom stereocenters. The fraction of sp³-hybridized carbons (Fsp3) is 0.133. The first-order valence-electron chi connectivity index (χ1n) is 10.3. The molecule has 0 bridgehead atoms. The first-order chi connectivity index (χ1) is 15.3. The molecule has 0 heterocycles. The summed E-state index contributed by atoms with van der Waals surface area (Å²) in [5.41, 5.74) is 5.67. The molecule has 0 N–H and O–H groups in total. The Kier molecular flexibility index (Phi) is 26.7. The largest absolute Gasteiger partial charge is 2.00 e. The molecule has 0 fully saturated rings. The van der Waals surface area contributed by atoms with Gasteiger partial charge in [0.2, 0.25) is 0 Å². The van der Waals surface area contributed by atoms with Crippen LogP contribution in [0.4, 0.5) is 0 Å². The Bertz CT molecular complexity index is 922. The number of hydrogen-bond acceptors (Lipinski definition) is 0. The molecule has 0 aromatic heterocycles. The summed E-state index contributed by atoms with van der Waals surface area (Å²) < 4.78 is 0. The molecular weight excluding hydrogens is 685 g/mol. The van der Waals surface area contributed by atoms with E-state index in [1.807, 2.05) is 24.3 Å². The summed E-state index contributed by atoms with van der Waals surface area (Å²) in [6.45, 7) is 0. The van der Waals surface area contributed by atoms with Gasteiger partial charge in [-0.2, -0.15) is 12.2 Å². The topological polar surface area (TPSA) is 0 Å². The van der Waals surface area contributed by atoms with E-state index in [0.717, 1.165) is 12.8 Å². The zero-order valence-electron chi connectivity index (χ0n) is 20.5. The van der Waals surface area contributed by atoms with Gasteiger partial charge in [-0.25, -0.2) is 24.3 Å². The molecule has 4 aliphatic carbocycles. The smallest absolute Gasteiger partial charge is 2.00 e. The molecule has 2 aromatic rings. The minimum atomic E-state index is -0.826. The minimum Gasteiger partial charge on any atom is 2.00 e. The molecule has 6 rings (SSSR count). The van der Waals surface area contributed by atoms with Crippen molar-refractivity contribution in [1.82, 2.24) is 0 Å². The predicted octanol–water partition coefficient (Wildman–Crippen LogP) is 3.50. The molecule has 0 radical (unpaired) electrons. The Morgan fingerprint density at radius 3 is 1.31 bits per heavy atom. The van der Waals surface area contributed by atoms with Crippen molar-refractivity contribution in [3.8, 4) is 0 Å². The van der Waals surface area contributed by atoms with Crippen LogP contribution in [-0.2, 0) is 47.1 Å². The van der Waals surface area contributed by atoms with Crippen molar-refractivity contribution in [1.29, 1.82) is 0 Å². The van der Waals surface area contributed by atoms with E-state index in [2.05, 4.69) is 97.1 Å².